The van der Waals surface area contributed by atoms with E-state index < -0.39 is 0 Å². The summed E-state index contributed by atoms with van der Waals surface area (Å²) >= 11 is 3.27. The van der Waals surface area contributed by atoms with E-state index in [9.17, 15) is 4.79 Å². The van der Waals surface area contributed by atoms with Gasteiger partial charge in [0.2, 0.25) is 0 Å². The van der Waals surface area contributed by atoms with Crippen LogP contribution in [0.25, 0.3) is 15.9 Å². The van der Waals surface area contributed by atoms with E-state index >= 15 is 0 Å². The molecular weight excluding hydrogens is 388 g/mol. The first kappa shape index (κ1) is 19.7. The van der Waals surface area contributed by atoms with Crippen LogP contribution in [0.5, 0.6) is 0 Å². The van der Waals surface area contributed by atoms with Gasteiger partial charge in [-0.25, -0.2) is 4.98 Å². The number of ether oxygens (including phenoxy) is 1. The van der Waals surface area contributed by atoms with Crippen molar-refractivity contribution < 1.29 is 4.74 Å². The Bertz CT molecular complexity index is 1070. The van der Waals surface area contributed by atoms with Gasteiger partial charge in [-0.05, 0) is 44.4 Å². The normalized spacial score (nSPS) is 19.1. The van der Waals surface area contributed by atoms with Crippen LogP contribution in [0.1, 0.15) is 49.6 Å². The lowest BCUT2D eigenvalue weighted by molar-refractivity contribution is -0.0543. The molecule has 0 amide bonds. The summed E-state index contributed by atoms with van der Waals surface area (Å²) in [5.74, 6) is 0.936. The van der Waals surface area contributed by atoms with Crippen LogP contribution in [-0.2, 0) is 17.8 Å². The first-order valence-electron chi connectivity index (χ1n) is 9.87. The van der Waals surface area contributed by atoms with Crippen molar-refractivity contribution in [2.75, 3.05) is 5.75 Å². The van der Waals surface area contributed by atoms with Crippen LogP contribution in [0.15, 0.2) is 34.2 Å². The summed E-state index contributed by atoms with van der Waals surface area (Å²) in [5, 5.41) is 1.56. The van der Waals surface area contributed by atoms with Gasteiger partial charge in [-0.1, -0.05) is 43.3 Å². The van der Waals surface area contributed by atoms with Crippen molar-refractivity contribution in [2.24, 2.45) is 0 Å². The minimum Gasteiger partial charge on any atom is -0.369 e. The van der Waals surface area contributed by atoms with Crippen molar-refractivity contribution in [1.82, 2.24) is 9.55 Å². The molecule has 0 aliphatic carbocycles. The fourth-order valence-corrected chi connectivity index (χ4v) is 5.55. The number of thiophene rings is 1. The third-order valence-electron chi connectivity index (χ3n) is 5.46. The highest BCUT2D eigenvalue weighted by atomic mass is 32.2. The quantitative estimate of drug-likeness (QED) is 0.408. The molecule has 3 aromatic rings. The summed E-state index contributed by atoms with van der Waals surface area (Å²) in [7, 11) is 0. The molecule has 0 spiro atoms. The third-order valence-corrected chi connectivity index (χ3v) is 7.70. The van der Waals surface area contributed by atoms with E-state index in [1.165, 1.54) is 5.56 Å². The molecule has 0 radical (unpaired) electrons. The van der Waals surface area contributed by atoms with E-state index in [1.807, 2.05) is 24.3 Å². The zero-order valence-electron chi connectivity index (χ0n) is 16.9. The van der Waals surface area contributed by atoms with Crippen LogP contribution in [0, 0.1) is 6.92 Å². The molecular formula is C22H26N2O2S2. The second-order valence-electron chi connectivity index (χ2n) is 7.67. The Morgan fingerprint density at radius 3 is 2.71 bits per heavy atom. The first-order chi connectivity index (χ1) is 13.5. The van der Waals surface area contributed by atoms with Gasteiger partial charge in [0.05, 0.1) is 23.3 Å². The zero-order valence-corrected chi connectivity index (χ0v) is 18.5. The summed E-state index contributed by atoms with van der Waals surface area (Å²) in [6.45, 7) is 9.05. The van der Waals surface area contributed by atoms with Crippen LogP contribution in [0.4, 0.5) is 0 Å². The number of hydrogen-bond donors (Lipinski definition) is 0. The van der Waals surface area contributed by atoms with Gasteiger partial charge in [-0.3, -0.25) is 9.36 Å². The molecule has 1 atom stereocenters. The fraction of sp³-hybridized carbons (Fsp3) is 0.455. The van der Waals surface area contributed by atoms with E-state index in [4.69, 9.17) is 9.72 Å². The van der Waals surface area contributed by atoms with Crippen LogP contribution in [-0.4, -0.2) is 20.9 Å². The Kier molecular flexibility index (Phi) is 5.38. The molecule has 6 heteroatoms. The van der Waals surface area contributed by atoms with Crippen LogP contribution < -0.4 is 5.56 Å². The van der Waals surface area contributed by atoms with Crippen molar-refractivity contribution in [2.45, 2.75) is 64.3 Å². The number of aryl methyl sites for hydroxylation is 1. The molecule has 0 bridgehead atoms. The molecule has 0 fully saturated rings. The van der Waals surface area contributed by atoms with Gasteiger partial charge >= 0.3 is 0 Å². The van der Waals surface area contributed by atoms with Crippen molar-refractivity contribution in [3.8, 4) is 5.69 Å². The Labute approximate surface area is 174 Å². The van der Waals surface area contributed by atoms with Gasteiger partial charge in [-0.2, -0.15) is 0 Å². The Morgan fingerprint density at radius 2 is 2.04 bits per heavy atom. The van der Waals surface area contributed by atoms with Gasteiger partial charge in [0.25, 0.3) is 5.56 Å². The van der Waals surface area contributed by atoms with E-state index in [2.05, 4.69) is 27.7 Å². The second kappa shape index (κ2) is 7.65. The Balaban J connectivity index is 1.96. The zero-order chi connectivity index (χ0) is 19.9. The minimum atomic E-state index is -0.211. The average Bonchev–Trinajstić information content (AvgIpc) is 3.05. The smallest absolute Gasteiger partial charge is 0.267 e. The molecule has 1 aliphatic rings. The molecule has 148 valence electrons. The van der Waals surface area contributed by atoms with E-state index in [1.54, 1.807) is 27.7 Å². The molecule has 28 heavy (non-hydrogen) atoms. The fourth-order valence-electron chi connectivity index (χ4n) is 3.54. The van der Waals surface area contributed by atoms with E-state index in [-0.39, 0.29) is 11.2 Å². The van der Waals surface area contributed by atoms with Crippen LogP contribution >= 0.6 is 23.1 Å². The largest absolute Gasteiger partial charge is 0.369 e. The Hall–Kier alpha value is -1.63. The average molecular weight is 415 g/mol. The Morgan fingerprint density at radius 1 is 1.29 bits per heavy atom. The van der Waals surface area contributed by atoms with Gasteiger partial charge in [0, 0.05) is 17.1 Å². The number of fused-ring (bicyclic) bond motifs is 3. The highest BCUT2D eigenvalue weighted by Crippen LogP contribution is 2.39. The number of benzene rings is 1. The molecule has 1 aliphatic heterocycles. The maximum absolute atomic E-state index is 13.7. The SMILES string of the molecule is CCCSc1nc2sc3c(c2c(=O)n1-c1ccc(C)cc1)C[C@@](C)(CC)OC3. The molecule has 0 saturated heterocycles. The molecule has 2 aromatic heterocycles. The molecule has 0 unspecified atom stereocenters. The first-order valence-corrected chi connectivity index (χ1v) is 11.7. The van der Waals surface area contributed by atoms with Crippen molar-refractivity contribution in [1.29, 1.82) is 0 Å². The van der Waals surface area contributed by atoms with Crippen LogP contribution in [0.2, 0.25) is 0 Å². The van der Waals surface area contributed by atoms with E-state index in [0.29, 0.717) is 6.61 Å². The second-order valence-corrected chi connectivity index (χ2v) is 9.82. The molecule has 1 aromatic carbocycles. The molecule has 0 saturated carbocycles. The predicted molar refractivity (Wildman–Crippen MR) is 118 cm³/mol. The third kappa shape index (κ3) is 3.42. The topological polar surface area (TPSA) is 44.1 Å². The highest BCUT2D eigenvalue weighted by molar-refractivity contribution is 7.99. The summed E-state index contributed by atoms with van der Waals surface area (Å²) < 4.78 is 7.90. The number of nitrogens with zero attached hydrogens (tertiary/aromatic N) is 2. The summed E-state index contributed by atoms with van der Waals surface area (Å²) in [6, 6.07) is 8.12. The minimum absolute atomic E-state index is 0.0466. The van der Waals surface area contributed by atoms with Crippen molar-refractivity contribution in [3.05, 3.63) is 50.6 Å². The van der Waals surface area contributed by atoms with Crippen molar-refractivity contribution in [3.63, 3.8) is 0 Å². The number of thioether (sulfide) groups is 1. The van der Waals surface area contributed by atoms with Gasteiger partial charge < -0.3 is 4.74 Å². The lowest BCUT2D eigenvalue weighted by atomic mass is 9.90. The van der Waals surface area contributed by atoms with Crippen LogP contribution in [0.3, 0.4) is 0 Å². The number of rotatable bonds is 5. The summed E-state index contributed by atoms with van der Waals surface area (Å²) in [5.41, 5.74) is 3.04. The highest BCUT2D eigenvalue weighted by Gasteiger charge is 2.33. The number of aromatic nitrogens is 2. The van der Waals surface area contributed by atoms with Gasteiger partial charge in [0.15, 0.2) is 5.16 Å². The molecule has 3 heterocycles. The lowest BCUT2D eigenvalue weighted by Crippen LogP contribution is -2.34. The van der Waals surface area contributed by atoms with E-state index in [0.717, 1.165) is 56.5 Å². The number of hydrogen-bond acceptors (Lipinski definition) is 5. The van der Waals surface area contributed by atoms with Gasteiger partial charge in [-0.15, -0.1) is 11.3 Å². The molecule has 4 nitrogen and oxygen atoms in total. The maximum Gasteiger partial charge on any atom is 0.267 e. The van der Waals surface area contributed by atoms with Gasteiger partial charge in [0.1, 0.15) is 4.83 Å². The monoisotopic (exact) mass is 414 g/mol. The van der Waals surface area contributed by atoms with Crippen molar-refractivity contribution >= 4 is 33.3 Å². The molecule has 4 rings (SSSR count). The maximum atomic E-state index is 13.7. The predicted octanol–water partition coefficient (Wildman–Crippen LogP) is 5.50. The lowest BCUT2D eigenvalue weighted by Gasteiger charge is -2.32. The summed E-state index contributed by atoms with van der Waals surface area (Å²) in [6.07, 6.45) is 2.73. The summed E-state index contributed by atoms with van der Waals surface area (Å²) in [4.78, 5) is 20.6. The standard InChI is InChI=1S/C22H26N2O2S2/c1-5-11-27-21-23-19-18(16-12-22(4,6-2)26-13-17(16)28-19)20(25)24(21)15-9-7-14(3)8-10-15/h7-10H,5-6,11-13H2,1-4H3/t22-/m1/s1. The molecule has 0 N–H and O–H groups in total.